The fourth-order valence-corrected chi connectivity index (χ4v) is 3.01. The first kappa shape index (κ1) is 18.2. The van der Waals surface area contributed by atoms with Gasteiger partial charge in [0.1, 0.15) is 0 Å². The van der Waals surface area contributed by atoms with Gasteiger partial charge in [0, 0.05) is 17.3 Å². The molecule has 0 saturated carbocycles. The summed E-state index contributed by atoms with van der Waals surface area (Å²) >= 11 is 2.46. The molecule has 0 radical (unpaired) electrons. The van der Waals surface area contributed by atoms with Gasteiger partial charge in [-0.25, -0.2) is 9.59 Å². The molecule has 1 atom stereocenters. The van der Waals surface area contributed by atoms with E-state index in [2.05, 4.69) is 20.0 Å². The Morgan fingerprint density at radius 2 is 2.04 bits per heavy atom. The molecule has 0 saturated heterocycles. The van der Waals surface area contributed by atoms with Gasteiger partial charge >= 0.3 is 12.0 Å². The molecule has 0 spiro atoms. The number of hydrogen-bond donors (Lipinski definition) is 4. The van der Waals surface area contributed by atoms with Crippen LogP contribution in [-0.4, -0.2) is 43.7 Å². The molecule has 2 rings (SSSR count). The van der Waals surface area contributed by atoms with Crippen LogP contribution in [0.15, 0.2) is 35.5 Å². The summed E-state index contributed by atoms with van der Waals surface area (Å²) in [5, 5.41) is 23.8. The summed E-state index contributed by atoms with van der Waals surface area (Å²) in [6.07, 6.45) is 0. The van der Waals surface area contributed by atoms with Gasteiger partial charge in [0.05, 0.1) is 6.54 Å². The molecule has 8 nitrogen and oxygen atoms in total. The van der Waals surface area contributed by atoms with Crippen LogP contribution in [0.25, 0.3) is 0 Å². The molecule has 1 unspecified atom stereocenters. The van der Waals surface area contributed by atoms with E-state index in [4.69, 9.17) is 5.11 Å². The van der Waals surface area contributed by atoms with Crippen LogP contribution in [0.2, 0.25) is 0 Å². The molecular formula is C14H16N4O4S2. The van der Waals surface area contributed by atoms with Gasteiger partial charge in [0.25, 0.3) is 0 Å². The van der Waals surface area contributed by atoms with Gasteiger partial charge in [-0.2, -0.15) is 9.36 Å². The largest absolute Gasteiger partial charge is 0.479 e. The van der Waals surface area contributed by atoms with E-state index in [1.807, 2.05) is 30.3 Å². The Labute approximate surface area is 146 Å². The van der Waals surface area contributed by atoms with Crippen LogP contribution in [-0.2, 0) is 10.5 Å². The lowest BCUT2D eigenvalue weighted by Crippen LogP contribution is -2.47. The molecule has 1 aromatic heterocycles. The molecule has 10 heteroatoms. The molecule has 128 valence electrons. The second-order valence-corrected chi connectivity index (χ2v) is 6.74. The summed E-state index contributed by atoms with van der Waals surface area (Å²) in [5.41, 5.74) is -0.893. The van der Waals surface area contributed by atoms with Gasteiger partial charge in [0.15, 0.2) is 5.60 Å². The van der Waals surface area contributed by atoms with E-state index < -0.39 is 24.1 Å². The summed E-state index contributed by atoms with van der Waals surface area (Å²) < 4.78 is 4.13. The number of carboxylic acids is 1. The Hall–Kier alpha value is -2.17. The minimum atomic E-state index is -2.03. The predicted octanol–water partition coefficient (Wildman–Crippen LogP) is 1.79. The Bertz CT molecular complexity index is 706. The summed E-state index contributed by atoms with van der Waals surface area (Å²) in [6, 6.07) is 9.19. The molecule has 0 aliphatic carbocycles. The normalized spacial score (nSPS) is 13.1. The van der Waals surface area contributed by atoms with Crippen molar-refractivity contribution >= 4 is 40.4 Å². The van der Waals surface area contributed by atoms with Crippen molar-refractivity contribution in [1.29, 1.82) is 0 Å². The first-order valence-corrected chi connectivity index (χ1v) is 8.64. The van der Waals surface area contributed by atoms with Crippen molar-refractivity contribution in [2.45, 2.75) is 23.4 Å². The Kier molecular flexibility index (Phi) is 6.12. The number of amides is 2. The molecule has 0 bridgehead atoms. The first-order chi connectivity index (χ1) is 11.4. The quantitative estimate of drug-likeness (QED) is 0.549. The molecule has 1 heterocycles. The fraction of sp³-hybridized carbons (Fsp3) is 0.286. The number of benzene rings is 1. The Morgan fingerprint density at radius 3 is 2.71 bits per heavy atom. The standard InChI is InChI=1S/C14H16N4O4S2/c1-14(22,10(19)20)8-15-11(21)16-12-17-13(18-24-12)23-7-9-5-3-2-4-6-9/h2-6,22H,7-8H2,1H3,(H,19,20)(H2,15,16,17,18,21). The van der Waals surface area contributed by atoms with Crippen LogP contribution in [0.4, 0.5) is 9.93 Å². The van der Waals surface area contributed by atoms with Gasteiger partial charge < -0.3 is 15.5 Å². The lowest BCUT2D eigenvalue weighted by Gasteiger charge is -2.17. The molecule has 0 aliphatic rings. The summed E-state index contributed by atoms with van der Waals surface area (Å²) in [6.45, 7) is 0.668. The minimum Gasteiger partial charge on any atom is -0.479 e. The molecule has 4 N–H and O–H groups in total. The smallest absolute Gasteiger partial charge is 0.337 e. The van der Waals surface area contributed by atoms with Crippen molar-refractivity contribution in [2.75, 3.05) is 11.9 Å². The third-order valence-electron chi connectivity index (χ3n) is 2.89. The molecule has 0 fully saturated rings. The van der Waals surface area contributed by atoms with Crippen LogP contribution in [0.3, 0.4) is 0 Å². The highest BCUT2D eigenvalue weighted by atomic mass is 32.2. The average molecular weight is 368 g/mol. The van der Waals surface area contributed by atoms with Gasteiger partial charge in [-0.3, -0.25) is 5.32 Å². The summed E-state index contributed by atoms with van der Waals surface area (Å²) in [7, 11) is 0. The highest BCUT2D eigenvalue weighted by Gasteiger charge is 2.30. The van der Waals surface area contributed by atoms with Crippen molar-refractivity contribution < 1.29 is 19.8 Å². The lowest BCUT2D eigenvalue weighted by molar-refractivity contribution is -0.155. The van der Waals surface area contributed by atoms with Crippen molar-refractivity contribution in [2.24, 2.45) is 0 Å². The van der Waals surface area contributed by atoms with Crippen molar-refractivity contribution in [3.63, 3.8) is 0 Å². The van der Waals surface area contributed by atoms with E-state index in [0.29, 0.717) is 10.9 Å². The summed E-state index contributed by atoms with van der Waals surface area (Å²) in [5.74, 6) is -0.705. The average Bonchev–Trinajstić information content (AvgIpc) is 2.99. The number of carboxylic acid groups (broad SMARTS) is 1. The predicted molar refractivity (Wildman–Crippen MR) is 91.2 cm³/mol. The van der Waals surface area contributed by atoms with E-state index in [1.54, 1.807) is 0 Å². The highest BCUT2D eigenvalue weighted by molar-refractivity contribution is 7.98. The van der Waals surface area contributed by atoms with Crippen LogP contribution < -0.4 is 10.6 Å². The maximum absolute atomic E-state index is 11.7. The van der Waals surface area contributed by atoms with E-state index in [9.17, 15) is 14.7 Å². The maximum atomic E-state index is 11.7. The zero-order valence-electron chi connectivity index (χ0n) is 12.7. The van der Waals surface area contributed by atoms with Crippen LogP contribution in [0.1, 0.15) is 12.5 Å². The van der Waals surface area contributed by atoms with E-state index in [1.165, 1.54) is 11.8 Å². The van der Waals surface area contributed by atoms with Gasteiger partial charge in [-0.05, 0) is 12.5 Å². The molecule has 24 heavy (non-hydrogen) atoms. The van der Waals surface area contributed by atoms with E-state index in [-0.39, 0.29) is 5.13 Å². The number of urea groups is 1. The Morgan fingerprint density at radius 1 is 1.33 bits per heavy atom. The number of nitrogens with zero attached hydrogens (tertiary/aromatic N) is 2. The van der Waals surface area contributed by atoms with Gasteiger partial charge in [0.2, 0.25) is 10.3 Å². The van der Waals surface area contributed by atoms with Crippen LogP contribution in [0.5, 0.6) is 0 Å². The fourth-order valence-electron chi connectivity index (χ4n) is 1.51. The summed E-state index contributed by atoms with van der Waals surface area (Å²) in [4.78, 5) is 26.6. The Balaban J connectivity index is 1.80. The van der Waals surface area contributed by atoms with Crippen LogP contribution in [0, 0.1) is 0 Å². The number of carbonyl (C=O) groups is 2. The van der Waals surface area contributed by atoms with Gasteiger partial charge in [-0.1, -0.05) is 42.1 Å². The van der Waals surface area contributed by atoms with Crippen molar-refractivity contribution in [3.8, 4) is 0 Å². The molecule has 2 aromatic rings. The van der Waals surface area contributed by atoms with E-state index >= 15 is 0 Å². The number of carbonyl (C=O) groups excluding carboxylic acids is 1. The number of anilines is 1. The number of aliphatic hydroxyl groups is 1. The van der Waals surface area contributed by atoms with E-state index in [0.717, 1.165) is 24.0 Å². The number of hydrogen-bond acceptors (Lipinski definition) is 7. The molecule has 1 aromatic carbocycles. The van der Waals surface area contributed by atoms with Crippen molar-refractivity contribution in [1.82, 2.24) is 14.7 Å². The second-order valence-electron chi connectivity index (χ2n) is 5.04. The zero-order valence-corrected chi connectivity index (χ0v) is 14.4. The number of aromatic nitrogens is 2. The highest BCUT2D eigenvalue weighted by Crippen LogP contribution is 2.23. The number of thioether (sulfide) groups is 1. The third kappa shape index (κ3) is 5.48. The maximum Gasteiger partial charge on any atom is 0.337 e. The van der Waals surface area contributed by atoms with Gasteiger partial charge in [-0.15, -0.1) is 0 Å². The minimum absolute atomic E-state index is 0.290. The topological polar surface area (TPSA) is 124 Å². The lowest BCUT2D eigenvalue weighted by atomic mass is 10.1. The zero-order chi connectivity index (χ0) is 17.6. The first-order valence-electron chi connectivity index (χ1n) is 6.88. The number of nitrogens with one attached hydrogen (secondary N) is 2. The SMILES string of the molecule is CC(O)(CNC(=O)Nc1nc(SCc2ccccc2)ns1)C(=O)O. The van der Waals surface area contributed by atoms with Crippen LogP contribution >= 0.6 is 23.3 Å². The molecule has 2 amide bonds. The number of aliphatic carboxylic acids is 1. The molecular weight excluding hydrogens is 352 g/mol. The third-order valence-corrected chi connectivity index (χ3v) is 4.56. The second kappa shape index (κ2) is 8.08. The molecule has 0 aliphatic heterocycles. The van der Waals surface area contributed by atoms with Crippen molar-refractivity contribution in [3.05, 3.63) is 35.9 Å². The number of rotatable bonds is 7. The monoisotopic (exact) mass is 368 g/mol.